The fourth-order valence-electron chi connectivity index (χ4n) is 3.04. The molecule has 0 bridgehead atoms. The highest BCUT2D eigenvalue weighted by atomic mass is 32.2. The van der Waals surface area contributed by atoms with Crippen LogP contribution in [0, 0.1) is 15.5 Å². The molecule has 0 spiro atoms. The minimum absolute atomic E-state index is 0.164. The number of hydrogen-bond donors (Lipinski definition) is 2. The molecule has 23 heavy (non-hydrogen) atoms. The van der Waals surface area contributed by atoms with Gasteiger partial charge >= 0.3 is 5.69 Å². The second-order valence-electron chi connectivity index (χ2n) is 6.45. The summed E-state index contributed by atoms with van der Waals surface area (Å²) in [4.78, 5) is 10.4. The molecule has 8 heteroatoms. The first-order valence-electron chi connectivity index (χ1n) is 7.54. The third-order valence-corrected chi connectivity index (χ3v) is 5.67. The molecular weight excluding hydrogens is 320 g/mol. The number of hydrogen-bond acceptors (Lipinski definition) is 6. The number of sulfone groups is 1. The summed E-state index contributed by atoms with van der Waals surface area (Å²) in [5.41, 5.74) is -0.659. The van der Waals surface area contributed by atoms with E-state index < -0.39 is 26.6 Å². The largest absolute Gasteiger partial charge is 0.392 e. The number of nitrogens with zero attached hydrogens (tertiary/aromatic N) is 1. The highest BCUT2D eigenvalue weighted by molar-refractivity contribution is 7.90. The van der Waals surface area contributed by atoms with E-state index in [1.54, 1.807) is 0 Å². The summed E-state index contributed by atoms with van der Waals surface area (Å²) in [5.74, 6) is 0. The van der Waals surface area contributed by atoms with Gasteiger partial charge in [0.15, 0.2) is 9.84 Å². The normalized spacial score (nSPS) is 25.1. The Hall–Kier alpha value is -1.67. The Morgan fingerprint density at radius 1 is 1.43 bits per heavy atom. The summed E-state index contributed by atoms with van der Waals surface area (Å²) >= 11 is 0. The fraction of sp³-hybridized carbons (Fsp3) is 0.600. The van der Waals surface area contributed by atoms with Crippen LogP contribution >= 0.6 is 0 Å². The van der Waals surface area contributed by atoms with Gasteiger partial charge < -0.3 is 10.4 Å². The van der Waals surface area contributed by atoms with E-state index in [9.17, 15) is 23.6 Å². The Kier molecular flexibility index (Phi) is 4.95. The number of aliphatic hydroxyl groups is 1. The van der Waals surface area contributed by atoms with Crippen LogP contribution in [-0.2, 0) is 9.84 Å². The van der Waals surface area contributed by atoms with Gasteiger partial charge in [0.1, 0.15) is 10.6 Å². The SMILES string of the molecule is CC1(CNc2cccc(S(C)(=O)=O)c2[N+](=O)[O-])CCCCC1O. The lowest BCUT2D eigenvalue weighted by Gasteiger charge is -2.38. The minimum Gasteiger partial charge on any atom is -0.392 e. The molecule has 7 nitrogen and oxygen atoms in total. The smallest absolute Gasteiger partial charge is 0.310 e. The van der Waals surface area contributed by atoms with Crippen molar-refractivity contribution in [3.05, 3.63) is 28.3 Å². The molecule has 0 aliphatic heterocycles. The van der Waals surface area contributed by atoms with Crippen LogP contribution < -0.4 is 5.32 Å². The summed E-state index contributed by atoms with van der Waals surface area (Å²) in [6.45, 7) is 2.29. The number of rotatable bonds is 5. The Balaban J connectivity index is 2.32. The van der Waals surface area contributed by atoms with E-state index in [0.717, 1.165) is 25.5 Å². The van der Waals surface area contributed by atoms with Gasteiger partial charge in [-0.15, -0.1) is 0 Å². The molecule has 0 radical (unpaired) electrons. The molecule has 0 aromatic heterocycles. The molecule has 1 aromatic rings. The molecule has 2 atom stereocenters. The van der Waals surface area contributed by atoms with Gasteiger partial charge in [-0.3, -0.25) is 10.1 Å². The quantitative estimate of drug-likeness (QED) is 0.628. The molecule has 2 unspecified atom stereocenters. The van der Waals surface area contributed by atoms with Gasteiger partial charge in [-0.1, -0.05) is 25.8 Å². The maximum absolute atomic E-state index is 11.8. The minimum atomic E-state index is -3.70. The van der Waals surface area contributed by atoms with Gasteiger partial charge in [0.05, 0.1) is 11.0 Å². The van der Waals surface area contributed by atoms with Gasteiger partial charge in [-0.05, 0) is 25.0 Å². The third kappa shape index (κ3) is 3.81. The van der Waals surface area contributed by atoms with Crippen molar-refractivity contribution in [1.82, 2.24) is 0 Å². The van der Waals surface area contributed by atoms with Gasteiger partial charge in [-0.2, -0.15) is 0 Å². The lowest BCUT2D eigenvalue weighted by atomic mass is 9.73. The molecule has 0 saturated heterocycles. The van der Waals surface area contributed by atoms with Crippen molar-refractivity contribution in [2.24, 2.45) is 5.41 Å². The van der Waals surface area contributed by atoms with E-state index in [2.05, 4.69) is 5.32 Å². The summed E-state index contributed by atoms with van der Waals surface area (Å²) < 4.78 is 23.5. The topological polar surface area (TPSA) is 110 Å². The van der Waals surface area contributed by atoms with Crippen LogP contribution in [0.15, 0.2) is 23.1 Å². The Morgan fingerprint density at radius 2 is 2.13 bits per heavy atom. The van der Waals surface area contributed by atoms with Gasteiger partial charge in [0, 0.05) is 18.2 Å². The van der Waals surface area contributed by atoms with Crippen LogP contribution in [0.3, 0.4) is 0 Å². The zero-order valence-electron chi connectivity index (χ0n) is 13.3. The van der Waals surface area contributed by atoms with E-state index in [1.807, 2.05) is 6.92 Å². The van der Waals surface area contributed by atoms with E-state index in [-0.39, 0.29) is 16.0 Å². The molecule has 1 aliphatic rings. The predicted octanol–water partition coefficient (Wildman–Crippen LogP) is 2.35. The second kappa shape index (κ2) is 6.45. The molecule has 2 N–H and O–H groups in total. The Labute approximate surface area is 135 Å². The molecule has 1 fully saturated rings. The van der Waals surface area contributed by atoms with Gasteiger partial charge in [0.25, 0.3) is 0 Å². The van der Waals surface area contributed by atoms with Crippen molar-refractivity contribution < 1.29 is 18.4 Å². The first kappa shape index (κ1) is 17.7. The summed E-state index contributed by atoms with van der Waals surface area (Å²) in [6.07, 6.45) is 3.98. The highest BCUT2D eigenvalue weighted by Gasteiger charge is 2.36. The third-order valence-electron chi connectivity index (χ3n) is 4.54. The number of nitro benzene ring substituents is 1. The first-order valence-corrected chi connectivity index (χ1v) is 9.44. The van der Waals surface area contributed by atoms with Gasteiger partial charge in [-0.25, -0.2) is 8.42 Å². The van der Waals surface area contributed by atoms with Crippen molar-refractivity contribution in [3.8, 4) is 0 Å². The number of aliphatic hydroxyl groups excluding tert-OH is 1. The summed E-state index contributed by atoms with van der Waals surface area (Å²) in [5, 5.41) is 24.5. The van der Waals surface area contributed by atoms with Crippen LogP contribution in [-0.4, -0.2) is 37.4 Å². The number of para-hydroxylation sites is 1. The molecule has 1 aliphatic carbocycles. The lowest BCUT2D eigenvalue weighted by molar-refractivity contribution is -0.386. The van der Waals surface area contributed by atoms with Crippen LogP contribution in [0.25, 0.3) is 0 Å². The van der Waals surface area contributed by atoms with E-state index in [1.165, 1.54) is 18.2 Å². The first-order chi connectivity index (χ1) is 10.6. The molecule has 0 heterocycles. The zero-order chi connectivity index (χ0) is 17.3. The molecule has 1 saturated carbocycles. The molecule has 0 amide bonds. The van der Waals surface area contributed by atoms with E-state index in [0.29, 0.717) is 13.0 Å². The summed E-state index contributed by atoms with van der Waals surface area (Å²) in [6, 6.07) is 4.20. The lowest BCUT2D eigenvalue weighted by Crippen LogP contribution is -2.41. The maximum Gasteiger partial charge on any atom is 0.310 e. The average molecular weight is 342 g/mol. The van der Waals surface area contributed by atoms with E-state index >= 15 is 0 Å². The summed E-state index contributed by atoms with van der Waals surface area (Å²) in [7, 11) is -3.70. The Bertz CT molecular complexity index is 704. The molecular formula is C15H22N2O5S. The van der Waals surface area contributed by atoms with E-state index in [4.69, 9.17) is 0 Å². The van der Waals surface area contributed by atoms with Crippen molar-refractivity contribution in [2.45, 2.75) is 43.6 Å². The van der Waals surface area contributed by atoms with Gasteiger partial charge in [0.2, 0.25) is 0 Å². The predicted molar refractivity (Wildman–Crippen MR) is 87.3 cm³/mol. The van der Waals surface area contributed by atoms with Crippen LogP contribution in [0.5, 0.6) is 0 Å². The average Bonchev–Trinajstić information content (AvgIpc) is 2.47. The standard InChI is InChI=1S/C15H22N2O5S/c1-15(9-4-3-8-13(15)18)10-16-11-6-5-7-12(23(2,21)22)14(11)17(19)20/h5-7,13,16,18H,3-4,8-10H2,1-2H3. The maximum atomic E-state index is 11.8. The monoisotopic (exact) mass is 342 g/mol. The molecule has 1 aromatic carbocycles. The molecule has 2 rings (SSSR count). The molecule has 128 valence electrons. The fourth-order valence-corrected chi connectivity index (χ4v) is 3.90. The second-order valence-corrected chi connectivity index (χ2v) is 8.43. The Morgan fingerprint density at radius 3 is 2.70 bits per heavy atom. The zero-order valence-corrected chi connectivity index (χ0v) is 14.1. The van der Waals surface area contributed by atoms with Crippen molar-refractivity contribution in [2.75, 3.05) is 18.1 Å². The van der Waals surface area contributed by atoms with Crippen LogP contribution in [0.1, 0.15) is 32.6 Å². The number of anilines is 1. The van der Waals surface area contributed by atoms with Crippen LogP contribution in [0.2, 0.25) is 0 Å². The highest BCUT2D eigenvalue weighted by Crippen LogP contribution is 2.38. The van der Waals surface area contributed by atoms with Crippen molar-refractivity contribution in [1.29, 1.82) is 0 Å². The van der Waals surface area contributed by atoms with Crippen LogP contribution in [0.4, 0.5) is 11.4 Å². The number of nitro groups is 1. The number of nitrogens with one attached hydrogen (secondary N) is 1. The van der Waals surface area contributed by atoms with Crippen molar-refractivity contribution in [3.63, 3.8) is 0 Å². The number of benzene rings is 1. The van der Waals surface area contributed by atoms with Crippen molar-refractivity contribution >= 4 is 21.2 Å².